The molecule has 3 unspecified atom stereocenters. The van der Waals surface area contributed by atoms with Crippen molar-refractivity contribution in [3.63, 3.8) is 0 Å². The maximum Gasteiger partial charge on any atom is 0.191 e. The average Bonchev–Trinajstić information content (AvgIpc) is 3.18. The highest BCUT2D eigenvalue weighted by Gasteiger charge is 2.32. The number of aliphatic imine (C=N–C) groups is 1. The first-order chi connectivity index (χ1) is 14.0. The van der Waals surface area contributed by atoms with Gasteiger partial charge >= 0.3 is 0 Å². The Kier molecular flexibility index (Phi) is 8.15. The molecule has 0 aromatic heterocycles. The lowest BCUT2D eigenvalue weighted by Gasteiger charge is -2.35. The van der Waals surface area contributed by atoms with Gasteiger partial charge in [-0.15, -0.1) is 0 Å². The van der Waals surface area contributed by atoms with Crippen LogP contribution in [0.15, 0.2) is 29.3 Å². The summed E-state index contributed by atoms with van der Waals surface area (Å²) in [6.45, 7) is 10.8. The number of aliphatic hydroxyl groups excluding tert-OH is 1. The van der Waals surface area contributed by atoms with Gasteiger partial charge in [0.15, 0.2) is 5.96 Å². The highest BCUT2D eigenvalue weighted by molar-refractivity contribution is 5.79. The fourth-order valence-electron chi connectivity index (χ4n) is 3.89. The number of fused-ring (bicyclic) bond motifs is 1. The Hall–Kier alpha value is -1.83. The zero-order valence-corrected chi connectivity index (χ0v) is 17.9. The molecule has 3 N–H and O–H groups in total. The summed E-state index contributed by atoms with van der Waals surface area (Å²) in [5, 5.41) is 17.1. The van der Waals surface area contributed by atoms with Gasteiger partial charge in [0.1, 0.15) is 5.75 Å². The van der Waals surface area contributed by atoms with Crippen LogP contribution in [-0.2, 0) is 4.74 Å². The summed E-state index contributed by atoms with van der Waals surface area (Å²) < 4.78 is 11.7. The van der Waals surface area contributed by atoms with E-state index in [1.54, 1.807) is 0 Å². The van der Waals surface area contributed by atoms with Crippen molar-refractivity contribution >= 4 is 5.96 Å². The normalized spacial score (nSPS) is 23.7. The van der Waals surface area contributed by atoms with E-state index in [0.29, 0.717) is 25.1 Å². The summed E-state index contributed by atoms with van der Waals surface area (Å²) in [5.41, 5.74) is 0.830. The van der Waals surface area contributed by atoms with Crippen LogP contribution in [-0.4, -0.2) is 73.5 Å². The van der Waals surface area contributed by atoms with Gasteiger partial charge < -0.3 is 25.2 Å². The van der Waals surface area contributed by atoms with Crippen molar-refractivity contribution in [1.29, 1.82) is 0 Å². The van der Waals surface area contributed by atoms with Crippen molar-refractivity contribution < 1.29 is 14.6 Å². The Labute approximate surface area is 174 Å². The van der Waals surface area contributed by atoms with Gasteiger partial charge in [0.2, 0.25) is 0 Å². The van der Waals surface area contributed by atoms with Crippen LogP contribution in [0.4, 0.5) is 0 Å². The minimum Gasteiger partial charge on any atom is -0.491 e. The van der Waals surface area contributed by atoms with E-state index < -0.39 is 6.10 Å². The number of hydrogen-bond acceptors (Lipinski definition) is 5. The van der Waals surface area contributed by atoms with Crippen molar-refractivity contribution in [2.75, 3.05) is 39.3 Å². The summed E-state index contributed by atoms with van der Waals surface area (Å²) in [5.74, 6) is 1.51. The predicted molar refractivity (Wildman–Crippen MR) is 115 cm³/mol. The third-order valence-electron chi connectivity index (χ3n) is 5.36. The second kappa shape index (κ2) is 10.8. The molecule has 7 heteroatoms. The highest BCUT2D eigenvalue weighted by atomic mass is 16.5. The van der Waals surface area contributed by atoms with E-state index in [1.807, 2.05) is 45.0 Å². The van der Waals surface area contributed by atoms with E-state index in [-0.39, 0.29) is 12.2 Å². The smallest absolute Gasteiger partial charge is 0.191 e. The number of hydrogen-bond donors (Lipinski definition) is 3. The molecule has 1 aromatic rings. The van der Waals surface area contributed by atoms with Crippen molar-refractivity contribution in [3.05, 3.63) is 29.8 Å². The van der Waals surface area contributed by atoms with Gasteiger partial charge in [0.05, 0.1) is 31.5 Å². The second-order valence-electron chi connectivity index (χ2n) is 8.10. The van der Waals surface area contributed by atoms with E-state index in [0.717, 1.165) is 31.0 Å². The molecule has 0 bridgehead atoms. The molecule has 3 atom stereocenters. The van der Waals surface area contributed by atoms with Crippen LogP contribution in [0, 0.1) is 0 Å². The molecule has 0 radical (unpaired) electrons. The van der Waals surface area contributed by atoms with Gasteiger partial charge in [0, 0.05) is 25.7 Å². The zero-order valence-electron chi connectivity index (χ0n) is 17.9. The maximum atomic E-state index is 10.5. The number of guanidine groups is 1. The van der Waals surface area contributed by atoms with Crippen LogP contribution < -0.4 is 15.4 Å². The lowest BCUT2D eigenvalue weighted by atomic mass is 10.1. The van der Waals surface area contributed by atoms with E-state index in [4.69, 9.17) is 9.47 Å². The molecule has 0 amide bonds. The van der Waals surface area contributed by atoms with Crippen molar-refractivity contribution in [1.82, 2.24) is 15.5 Å². The largest absolute Gasteiger partial charge is 0.491 e. The molecule has 2 heterocycles. The number of benzene rings is 1. The molecule has 29 heavy (non-hydrogen) atoms. The van der Waals surface area contributed by atoms with Crippen LogP contribution in [0.5, 0.6) is 5.75 Å². The molecule has 2 aliphatic rings. The predicted octanol–water partition coefficient (Wildman–Crippen LogP) is 1.93. The summed E-state index contributed by atoms with van der Waals surface area (Å²) >= 11 is 0. The molecule has 2 saturated heterocycles. The average molecular weight is 405 g/mol. The van der Waals surface area contributed by atoms with Crippen molar-refractivity contribution in [2.24, 2.45) is 4.99 Å². The first-order valence-corrected chi connectivity index (χ1v) is 10.9. The van der Waals surface area contributed by atoms with Gasteiger partial charge in [-0.1, -0.05) is 12.1 Å². The van der Waals surface area contributed by atoms with E-state index in [2.05, 4.69) is 20.5 Å². The number of rotatable bonds is 8. The number of nitrogens with zero attached hydrogens (tertiary/aromatic N) is 2. The zero-order chi connectivity index (χ0) is 20.6. The van der Waals surface area contributed by atoms with Crippen molar-refractivity contribution in [2.45, 2.75) is 58.0 Å². The Morgan fingerprint density at radius 2 is 2.10 bits per heavy atom. The summed E-state index contributed by atoms with van der Waals surface area (Å²) in [6, 6.07) is 8.16. The van der Waals surface area contributed by atoms with Gasteiger partial charge in [-0.25, -0.2) is 0 Å². The fraction of sp³-hybridized carbons (Fsp3) is 0.682. The van der Waals surface area contributed by atoms with E-state index in [9.17, 15) is 5.11 Å². The van der Waals surface area contributed by atoms with E-state index in [1.165, 1.54) is 19.4 Å². The van der Waals surface area contributed by atoms with Crippen LogP contribution in [0.1, 0.15) is 45.3 Å². The molecule has 0 aliphatic carbocycles. The van der Waals surface area contributed by atoms with Crippen LogP contribution >= 0.6 is 0 Å². The van der Waals surface area contributed by atoms with Gasteiger partial charge in [0.25, 0.3) is 0 Å². The third-order valence-corrected chi connectivity index (χ3v) is 5.36. The standard InChI is InChI=1S/C22H36N4O3/c1-4-23-22(24-12-20-14-26-11-5-6-18(26)15-28-20)25-13-21(27)17-7-9-19(10-8-17)29-16(2)3/h7-10,16,18,20-21,27H,4-6,11-15H2,1-3H3,(H2,23,24,25). The summed E-state index contributed by atoms with van der Waals surface area (Å²) in [4.78, 5) is 7.09. The Bertz CT molecular complexity index is 650. The van der Waals surface area contributed by atoms with Gasteiger partial charge in [-0.05, 0) is 57.9 Å². The SMILES string of the molecule is CCNC(=NCC(O)c1ccc(OC(C)C)cc1)NCC1CN2CCCC2CO1. The molecule has 0 spiro atoms. The highest BCUT2D eigenvalue weighted by Crippen LogP contribution is 2.22. The molecular weight excluding hydrogens is 368 g/mol. The maximum absolute atomic E-state index is 10.5. The third kappa shape index (κ3) is 6.59. The first kappa shape index (κ1) is 21.9. The summed E-state index contributed by atoms with van der Waals surface area (Å²) in [6.07, 6.45) is 2.18. The fourth-order valence-corrected chi connectivity index (χ4v) is 3.89. The van der Waals surface area contributed by atoms with E-state index >= 15 is 0 Å². The van der Waals surface area contributed by atoms with Crippen LogP contribution in [0.2, 0.25) is 0 Å². The molecule has 1 aromatic carbocycles. The van der Waals surface area contributed by atoms with Gasteiger partial charge in [-0.2, -0.15) is 0 Å². The monoisotopic (exact) mass is 404 g/mol. The molecule has 2 aliphatic heterocycles. The number of nitrogens with one attached hydrogen (secondary N) is 2. The van der Waals surface area contributed by atoms with Crippen molar-refractivity contribution in [3.8, 4) is 5.75 Å². The number of morpholine rings is 1. The van der Waals surface area contributed by atoms with Crippen LogP contribution in [0.3, 0.4) is 0 Å². The van der Waals surface area contributed by atoms with Gasteiger partial charge in [-0.3, -0.25) is 9.89 Å². The topological polar surface area (TPSA) is 78.4 Å². The molecular formula is C22H36N4O3. The van der Waals surface area contributed by atoms with Crippen LogP contribution in [0.25, 0.3) is 0 Å². The quantitative estimate of drug-likeness (QED) is 0.454. The lowest BCUT2D eigenvalue weighted by molar-refractivity contribution is -0.0453. The first-order valence-electron chi connectivity index (χ1n) is 10.9. The Balaban J connectivity index is 1.49. The number of aliphatic hydroxyl groups is 1. The Morgan fingerprint density at radius 1 is 1.31 bits per heavy atom. The minimum absolute atomic E-state index is 0.133. The Morgan fingerprint density at radius 3 is 2.83 bits per heavy atom. The molecule has 2 fully saturated rings. The second-order valence-corrected chi connectivity index (χ2v) is 8.10. The summed E-state index contributed by atoms with van der Waals surface area (Å²) in [7, 11) is 0. The molecule has 162 valence electrons. The number of ether oxygens (including phenoxy) is 2. The molecule has 0 saturated carbocycles. The molecule has 7 nitrogen and oxygen atoms in total. The molecule has 3 rings (SSSR count). The lowest BCUT2D eigenvalue weighted by Crippen LogP contribution is -2.51. The minimum atomic E-state index is -0.658.